The van der Waals surface area contributed by atoms with Crippen LogP contribution in [0.5, 0.6) is 0 Å². The van der Waals surface area contributed by atoms with Crippen LogP contribution >= 0.6 is 23.1 Å². The Balaban J connectivity index is 1.53. The van der Waals surface area contributed by atoms with Crippen LogP contribution in [0.15, 0.2) is 52.7 Å². The minimum Gasteiger partial charge on any atom is -0.510 e. The van der Waals surface area contributed by atoms with E-state index >= 15 is 0 Å². The van der Waals surface area contributed by atoms with Crippen LogP contribution in [0, 0.1) is 11.3 Å². The first-order valence-electron chi connectivity index (χ1n) is 7.61. The van der Waals surface area contributed by atoms with E-state index in [-0.39, 0.29) is 17.1 Å². The molecular weight excluding hydrogens is 368 g/mol. The molecule has 0 bridgehead atoms. The average Bonchev–Trinajstić information content (AvgIpc) is 3.39. The van der Waals surface area contributed by atoms with E-state index in [1.165, 1.54) is 11.8 Å². The van der Waals surface area contributed by atoms with Crippen molar-refractivity contribution in [3.63, 3.8) is 0 Å². The number of nitriles is 1. The van der Waals surface area contributed by atoms with E-state index in [1.54, 1.807) is 11.3 Å². The number of aromatic amines is 2. The van der Waals surface area contributed by atoms with Gasteiger partial charge in [0.25, 0.3) is 0 Å². The summed E-state index contributed by atoms with van der Waals surface area (Å²) >= 11 is 2.81. The molecule has 0 amide bonds. The topological polar surface area (TPSA) is 114 Å². The Morgan fingerprint density at radius 3 is 2.88 bits per heavy atom. The number of imidazole rings is 1. The summed E-state index contributed by atoms with van der Waals surface area (Å²) in [5.41, 5.74) is 1.67. The summed E-state index contributed by atoms with van der Waals surface area (Å²) in [6.07, 6.45) is 0. The molecule has 0 aliphatic heterocycles. The van der Waals surface area contributed by atoms with Gasteiger partial charge >= 0.3 is 0 Å². The molecule has 128 valence electrons. The first kappa shape index (κ1) is 16.4. The largest absolute Gasteiger partial charge is 0.510 e. The fourth-order valence-corrected chi connectivity index (χ4v) is 3.70. The molecule has 0 aliphatic rings. The Bertz CT molecular complexity index is 1090. The van der Waals surface area contributed by atoms with Crippen molar-refractivity contribution in [2.45, 2.75) is 5.16 Å². The van der Waals surface area contributed by atoms with E-state index in [2.05, 4.69) is 25.1 Å². The molecule has 26 heavy (non-hydrogen) atoms. The van der Waals surface area contributed by atoms with Crippen molar-refractivity contribution in [3.8, 4) is 16.8 Å². The smallest absolute Gasteiger partial charge is 0.209 e. The lowest BCUT2D eigenvalue weighted by molar-refractivity contribution is 0.420. The van der Waals surface area contributed by atoms with Gasteiger partial charge < -0.3 is 10.1 Å². The van der Waals surface area contributed by atoms with Crippen molar-refractivity contribution in [2.24, 2.45) is 0 Å². The molecule has 0 saturated carbocycles. The number of hydrogen-bond donors (Lipinski definition) is 3. The summed E-state index contributed by atoms with van der Waals surface area (Å²) in [7, 11) is 0. The number of nitrogens with zero attached hydrogens (tertiary/aromatic N) is 4. The van der Waals surface area contributed by atoms with Gasteiger partial charge in [-0.2, -0.15) is 5.26 Å². The molecule has 0 aliphatic carbocycles. The van der Waals surface area contributed by atoms with Gasteiger partial charge in [0.1, 0.15) is 17.4 Å². The van der Waals surface area contributed by atoms with Gasteiger partial charge in [0.15, 0.2) is 11.6 Å². The first-order chi connectivity index (χ1) is 12.7. The van der Waals surface area contributed by atoms with Crippen LogP contribution in [0.25, 0.3) is 27.3 Å². The summed E-state index contributed by atoms with van der Waals surface area (Å²) in [6.45, 7) is 0. The molecule has 4 rings (SSSR count). The average molecular weight is 380 g/mol. The fourth-order valence-electron chi connectivity index (χ4n) is 2.36. The summed E-state index contributed by atoms with van der Waals surface area (Å²) in [5, 5.41) is 29.2. The number of para-hydroxylation sites is 2. The lowest BCUT2D eigenvalue weighted by Gasteiger charge is -2.00. The Morgan fingerprint density at radius 1 is 1.23 bits per heavy atom. The first-order valence-corrected chi connectivity index (χ1v) is 9.47. The van der Waals surface area contributed by atoms with Gasteiger partial charge in [-0.15, -0.1) is 16.4 Å². The third kappa shape index (κ3) is 3.20. The number of aliphatic hydroxyl groups is 1. The van der Waals surface area contributed by atoms with Crippen LogP contribution in [0.4, 0.5) is 0 Å². The van der Waals surface area contributed by atoms with Crippen molar-refractivity contribution in [3.05, 3.63) is 53.4 Å². The van der Waals surface area contributed by atoms with Gasteiger partial charge in [0, 0.05) is 0 Å². The summed E-state index contributed by atoms with van der Waals surface area (Å²) in [5.74, 6) is 1.13. The Morgan fingerprint density at radius 2 is 2.12 bits per heavy atom. The molecular formula is C17H12N6OS2. The number of allylic oxidation sites excluding steroid dienone is 1. The molecule has 9 heteroatoms. The van der Waals surface area contributed by atoms with Crippen LogP contribution < -0.4 is 0 Å². The van der Waals surface area contributed by atoms with Gasteiger partial charge in [0.05, 0.1) is 21.7 Å². The highest BCUT2D eigenvalue weighted by atomic mass is 32.2. The molecule has 3 heterocycles. The third-order valence-corrected chi connectivity index (χ3v) is 5.32. The second-order valence-corrected chi connectivity index (χ2v) is 7.16. The Hall–Kier alpha value is -3.09. The van der Waals surface area contributed by atoms with E-state index in [4.69, 9.17) is 0 Å². The maximum absolute atomic E-state index is 10.4. The van der Waals surface area contributed by atoms with Gasteiger partial charge in [-0.1, -0.05) is 30.0 Å². The molecule has 4 aromatic rings. The quantitative estimate of drug-likeness (QED) is 0.274. The molecule has 0 radical (unpaired) electrons. The number of thioether (sulfide) groups is 1. The van der Waals surface area contributed by atoms with Crippen molar-refractivity contribution in [2.75, 3.05) is 5.75 Å². The highest BCUT2D eigenvalue weighted by molar-refractivity contribution is 7.99. The summed E-state index contributed by atoms with van der Waals surface area (Å²) < 4.78 is 0. The van der Waals surface area contributed by atoms with Crippen LogP contribution in [-0.4, -0.2) is 36.0 Å². The number of benzene rings is 1. The van der Waals surface area contributed by atoms with Crippen LogP contribution in [0.1, 0.15) is 5.82 Å². The number of thiophene rings is 1. The highest BCUT2D eigenvalue weighted by Crippen LogP contribution is 2.25. The van der Waals surface area contributed by atoms with Gasteiger partial charge in [-0.05, 0) is 23.6 Å². The zero-order chi connectivity index (χ0) is 17.9. The SMILES string of the molecule is N#C/C(=C(/O)CSc1n[nH]c(-c2cccs2)n1)c1nc2ccccc2[nH]1. The number of nitrogens with one attached hydrogen (secondary N) is 2. The zero-order valence-corrected chi connectivity index (χ0v) is 14.9. The minimum atomic E-state index is -0.0703. The fraction of sp³-hybridized carbons (Fsp3) is 0.0588. The summed E-state index contributed by atoms with van der Waals surface area (Å²) in [4.78, 5) is 12.8. The van der Waals surface area contributed by atoms with Crippen LogP contribution in [0.3, 0.4) is 0 Å². The predicted octanol–water partition coefficient (Wildman–Crippen LogP) is 3.99. The number of H-pyrrole nitrogens is 2. The van der Waals surface area contributed by atoms with Crippen molar-refractivity contribution >= 4 is 39.7 Å². The van der Waals surface area contributed by atoms with Crippen LogP contribution in [-0.2, 0) is 0 Å². The van der Waals surface area contributed by atoms with E-state index in [0.29, 0.717) is 16.8 Å². The maximum Gasteiger partial charge on any atom is 0.209 e. The lowest BCUT2D eigenvalue weighted by Crippen LogP contribution is -1.95. The van der Waals surface area contributed by atoms with E-state index < -0.39 is 0 Å². The zero-order valence-electron chi connectivity index (χ0n) is 13.3. The number of rotatable bonds is 5. The summed E-state index contributed by atoms with van der Waals surface area (Å²) in [6, 6.07) is 13.4. The molecule has 0 unspecified atom stereocenters. The monoisotopic (exact) mass is 380 g/mol. The van der Waals surface area contributed by atoms with E-state index in [9.17, 15) is 10.4 Å². The van der Waals surface area contributed by atoms with Crippen LogP contribution in [0.2, 0.25) is 0 Å². The molecule has 1 aromatic carbocycles. The van der Waals surface area contributed by atoms with Gasteiger partial charge in [0.2, 0.25) is 5.16 Å². The number of hydrogen-bond acceptors (Lipinski definition) is 7. The predicted molar refractivity (Wildman–Crippen MR) is 102 cm³/mol. The standard InChI is InChI=1S/C17H12N6OS2/c18-8-10(15-19-11-4-1-2-5-12(11)20-15)13(24)9-26-17-21-16(22-23-17)14-6-3-7-25-14/h1-7,24H,9H2,(H,19,20)(H,21,22,23)/b13-10-. The third-order valence-electron chi connectivity index (χ3n) is 3.58. The molecule has 0 spiro atoms. The van der Waals surface area contributed by atoms with Gasteiger partial charge in [-0.25, -0.2) is 9.97 Å². The Kier molecular flexibility index (Phi) is 4.43. The highest BCUT2D eigenvalue weighted by Gasteiger charge is 2.15. The van der Waals surface area contributed by atoms with Gasteiger partial charge in [-0.3, -0.25) is 5.10 Å². The number of fused-ring (bicyclic) bond motifs is 1. The number of aromatic nitrogens is 5. The minimum absolute atomic E-state index is 0.0703. The number of aliphatic hydroxyl groups excluding tert-OH is 1. The second kappa shape index (κ2) is 7.03. The molecule has 0 atom stereocenters. The van der Waals surface area contributed by atoms with E-state index in [1.807, 2.05) is 47.8 Å². The molecule has 3 N–H and O–H groups in total. The van der Waals surface area contributed by atoms with Crippen molar-refractivity contribution in [1.29, 1.82) is 5.26 Å². The molecule has 0 saturated heterocycles. The van der Waals surface area contributed by atoms with Crippen molar-refractivity contribution in [1.82, 2.24) is 25.1 Å². The second-order valence-electron chi connectivity index (χ2n) is 5.27. The molecule has 3 aromatic heterocycles. The molecule has 7 nitrogen and oxygen atoms in total. The maximum atomic E-state index is 10.4. The van der Waals surface area contributed by atoms with E-state index in [0.717, 1.165) is 15.9 Å². The Labute approximate surface area is 156 Å². The normalized spacial score (nSPS) is 12.1. The molecule has 0 fully saturated rings. The van der Waals surface area contributed by atoms with Crippen molar-refractivity contribution < 1.29 is 5.11 Å². The lowest BCUT2D eigenvalue weighted by atomic mass is 10.2.